The van der Waals surface area contributed by atoms with Crippen LogP contribution in [-0.2, 0) is 6.54 Å². The zero-order valence-corrected chi connectivity index (χ0v) is 19.7. The molecule has 0 bridgehead atoms. The maximum atomic E-state index is 13.2. The zero-order valence-electron chi connectivity index (χ0n) is 18.9. The summed E-state index contributed by atoms with van der Waals surface area (Å²) in [6.45, 7) is 5.96. The lowest BCUT2D eigenvalue weighted by molar-refractivity contribution is 0.0775. The first-order valence-corrected chi connectivity index (χ1v) is 10.9. The number of hydrogen-bond acceptors (Lipinski definition) is 4. The highest BCUT2D eigenvalue weighted by atomic mass is 35.5. The Bertz CT molecular complexity index is 1370. The lowest BCUT2D eigenvalue weighted by Gasteiger charge is -2.18. The van der Waals surface area contributed by atoms with Gasteiger partial charge in [0.25, 0.3) is 5.91 Å². The Balaban J connectivity index is 1.64. The Hall–Kier alpha value is -3.71. The summed E-state index contributed by atoms with van der Waals surface area (Å²) in [5, 5.41) is 9.62. The van der Waals surface area contributed by atoms with Crippen LogP contribution in [-0.4, -0.2) is 37.4 Å². The number of hydrogen-bond donors (Lipinski definition) is 0. The number of aryl methyl sites for hydroxylation is 2. The Morgan fingerprint density at radius 1 is 0.939 bits per heavy atom. The van der Waals surface area contributed by atoms with Gasteiger partial charge in [0.15, 0.2) is 5.69 Å². The average molecular weight is 462 g/mol. The van der Waals surface area contributed by atoms with Crippen LogP contribution >= 0.6 is 11.6 Å². The summed E-state index contributed by atoms with van der Waals surface area (Å²) in [5.41, 5.74) is 4.43. The van der Waals surface area contributed by atoms with E-state index in [1.54, 1.807) is 42.9 Å². The molecule has 4 rings (SSSR count). The van der Waals surface area contributed by atoms with Gasteiger partial charge in [-0.15, -0.1) is 0 Å². The third-order valence-corrected chi connectivity index (χ3v) is 5.82. The molecule has 0 saturated carbocycles. The van der Waals surface area contributed by atoms with Crippen LogP contribution < -0.4 is 5.43 Å². The number of nitrogens with zero attached hydrogens (tertiary/aromatic N) is 5. The molecule has 0 saturated heterocycles. The van der Waals surface area contributed by atoms with Gasteiger partial charge in [0.05, 0.1) is 17.1 Å². The number of halogens is 1. The number of para-hydroxylation sites is 1. The monoisotopic (exact) mass is 461 g/mol. The van der Waals surface area contributed by atoms with Gasteiger partial charge in [-0.25, -0.2) is 9.36 Å². The van der Waals surface area contributed by atoms with E-state index in [4.69, 9.17) is 11.6 Å². The third kappa shape index (κ3) is 4.45. The molecule has 168 valence electrons. The maximum Gasteiger partial charge on any atom is 0.278 e. The molecule has 0 aliphatic carbocycles. The molecule has 0 aliphatic heterocycles. The minimum Gasteiger partial charge on any atom is -0.336 e. The molecule has 0 spiro atoms. The molecule has 8 heteroatoms. The summed E-state index contributed by atoms with van der Waals surface area (Å²) in [6.07, 6.45) is 0. The summed E-state index contributed by atoms with van der Waals surface area (Å²) in [4.78, 5) is 27.4. The van der Waals surface area contributed by atoms with Crippen molar-refractivity contribution in [3.8, 4) is 11.4 Å². The highest BCUT2D eigenvalue weighted by Crippen LogP contribution is 2.20. The van der Waals surface area contributed by atoms with E-state index in [0.717, 1.165) is 22.6 Å². The standard InChI is InChI=1S/C25H24ClN5O2/c1-16-14-23(32)24(28-30(16)21-12-10-19(26)11-13-21)25(33)29(4)15-22-17(2)27-31(18(22)3)20-8-6-5-7-9-20/h5-14H,15H2,1-4H3. The van der Waals surface area contributed by atoms with Crippen LogP contribution in [0.1, 0.15) is 33.1 Å². The van der Waals surface area contributed by atoms with Crippen molar-refractivity contribution in [2.75, 3.05) is 7.05 Å². The molecule has 33 heavy (non-hydrogen) atoms. The predicted molar refractivity (Wildman–Crippen MR) is 128 cm³/mol. The van der Waals surface area contributed by atoms with Gasteiger partial charge in [-0.1, -0.05) is 29.8 Å². The molecule has 0 fully saturated rings. The summed E-state index contributed by atoms with van der Waals surface area (Å²) >= 11 is 5.98. The van der Waals surface area contributed by atoms with Crippen LogP contribution in [0.4, 0.5) is 0 Å². The highest BCUT2D eigenvalue weighted by molar-refractivity contribution is 6.30. The number of carbonyl (C=O) groups excluding carboxylic acids is 1. The molecule has 0 aliphatic rings. The molecular weight excluding hydrogens is 438 g/mol. The minimum atomic E-state index is -0.450. The number of amides is 1. The van der Waals surface area contributed by atoms with Crippen LogP contribution in [0.2, 0.25) is 5.02 Å². The maximum absolute atomic E-state index is 13.2. The summed E-state index contributed by atoms with van der Waals surface area (Å²) in [7, 11) is 1.66. The van der Waals surface area contributed by atoms with Crippen LogP contribution in [0.5, 0.6) is 0 Å². The molecule has 7 nitrogen and oxygen atoms in total. The molecule has 1 amide bonds. The second-order valence-corrected chi connectivity index (χ2v) is 8.38. The Labute approximate surface area is 196 Å². The Kier molecular flexibility index (Phi) is 6.16. The Morgan fingerprint density at radius 3 is 2.24 bits per heavy atom. The van der Waals surface area contributed by atoms with E-state index in [0.29, 0.717) is 22.9 Å². The van der Waals surface area contributed by atoms with Crippen molar-refractivity contribution >= 4 is 17.5 Å². The van der Waals surface area contributed by atoms with Crippen molar-refractivity contribution in [3.05, 3.63) is 104 Å². The number of rotatable bonds is 5. The van der Waals surface area contributed by atoms with E-state index in [9.17, 15) is 9.59 Å². The predicted octanol–water partition coefficient (Wildman–Crippen LogP) is 4.27. The lowest BCUT2D eigenvalue weighted by atomic mass is 10.1. The fourth-order valence-corrected chi connectivity index (χ4v) is 3.88. The average Bonchev–Trinajstić information content (AvgIpc) is 3.08. The van der Waals surface area contributed by atoms with Crippen LogP contribution in [0.25, 0.3) is 11.4 Å². The van der Waals surface area contributed by atoms with Crippen molar-refractivity contribution < 1.29 is 4.79 Å². The summed E-state index contributed by atoms with van der Waals surface area (Å²) in [6, 6.07) is 18.3. The van der Waals surface area contributed by atoms with Gasteiger partial charge >= 0.3 is 0 Å². The van der Waals surface area contributed by atoms with Crippen LogP contribution in [0, 0.1) is 20.8 Å². The second-order valence-electron chi connectivity index (χ2n) is 7.94. The van der Waals surface area contributed by atoms with Gasteiger partial charge in [0.1, 0.15) is 0 Å². The lowest BCUT2D eigenvalue weighted by Crippen LogP contribution is -2.33. The molecule has 0 N–H and O–H groups in total. The number of carbonyl (C=O) groups is 1. The van der Waals surface area contributed by atoms with Crippen molar-refractivity contribution in [1.29, 1.82) is 0 Å². The van der Waals surface area contributed by atoms with E-state index in [1.807, 2.05) is 48.9 Å². The van der Waals surface area contributed by atoms with Gasteiger partial charge in [-0.05, 0) is 57.2 Å². The van der Waals surface area contributed by atoms with Gasteiger partial charge in [0, 0.05) is 41.6 Å². The van der Waals surface area contributed by atoms with E-state index < -0.39 is 11.3 Å². The van der Waals surface area contributed by atoms with Crippen molar-refractivity contribution in [3.63, 3.8) is 0 Å². The van der Waals surface area contributed by atoms with Crippen LogP contribution in [0.15, 0.2) is 65.5 Å². The summed E-state index contributed by atoms with van der Waals surface area (Å²) in [5.74, 6) is -0.450. The number of aromatic nitrogens is 4. The molecule has 2 heterocycles. The SMILES string of the molecule is Cc1nn(-c2ccccc2)c(C)c1CN(C)C(=O)c1nn(-c2ccc(Cl)cc2)c(C)cc1=O. The molecule has 0 radical (unpaired) electrons. The van der Waals surface area contributed by atoms with Gasteiger partial charge in [-0.2, -0.15) is 10.2 Å². The topological polar surface area (TPSA) is 73.0 Å². The molecule has 0 unspecified atom stereocenters. The van der Waals surface area contributed by atoms with E-state index in [1.165, 1.54) is 11.0 Å². The van der Waals surface area contributed by atoms with Crippen molar-refractivity contribution in [1.82, 2.24) is 24.5 Å². The summed E-state index contributed by atoms with van der Waals surface area (Å²) < 4.78 is 3.43. The van der Waals surface area contributed by atoms with E-state index >= 15 is 0 Å². The first-order valence-electron chi connectivity index (χ1n) is 10.5. The largest absolute Gasteiger partial charge is 0.336 e. The van der Waals surface area contributed by atoms with Crippen LogP contribution in [0.3, 0.4) is 0 Å². The fourth-order valence-electron chi connectivity index (χ4n) is 3.75. The second kappa shape index (κ2) is 9.03. The molecular formula is C25H24ClN5O2. The minimum absolute atomic E-state index is 0.135. The molecule has 2 aromatic carbocycles. The zero-order chi connectivity index (χ0) is 23.7. The molecule has 0 atom stereocenters. The highest BCUT2D eigenvalue weighted by Gasteiger charge is 2.22. The van der Waals surface area contributed by atoms with Crippen molar-refractivity contribution in [2.45, 2.75) is 27.3 Å². The third-order valence-electron chi connectivity index (χ3n) is 5.57. The van der Waals surface area contributed by atoms with Crippen molar-refractivity contribution in [2.24, 2.45) is 0 Å². The first kappa shape index (κ1) is 22.5. The molecule has 2 aromatic heterocycles. The van der Waals surface area contributed by atoms with E-state index in [2.05, 4.69) is 10.2 Å². The number of benzene rings is 2. The van der Waals surface area contributed by atoms with E-state index in [-0.39, 0.29) is 5.69 Å². The first-order chi connectivity index (χ1) is 15.8. The van der Waals surface area contributed by atoms with Gasteiger partial charge in [-0.3, -0.25) is 9.59 Å². The van der Waals surface area contributed by atoms with Gasteiger partial charge < -0.3 is 4.90 Å². The van der Waals surface area contributed by atoms with Gasteiger partial charge in [0.2, 0.25) is 5.43 Å². The molecule has 4 aromatic rings. The normalized spacial score (nSPS) is 10.9. The fraction of sp³-hybridized carbons (Fsp3) is 0.200. The Morgan fingerprint density at radius 2 is 1.58 bits per heavy atom. The quantitative estimate of drug-likeness (QED) is 0.445. The smallest absolute Gasteiger partial charge is 0.278 e.